The van der Waals surface area contributed by atoms with Gasteiger partial charge in [0, 0.05) is 30.5 Å². The zero-order chi connectivity index (χ0) is 16.9. The topological polar surface area (TPSA) is 71.0 Å². The van der Waals surface area contributed by atoms with Gasteiger partial charge >= 0.3 is 0 Å². The molecule has 1 amide bonds. The minimum atomic E-state index is -0.366. The Kier molecular flexibility index (Phi) is 4.86. The second kappa shape index (κ2) is 7.23. The maximum absolute atomic E-state index is 12.3. The van der Waals surface area contributed by atoms with Gasteiger partial charge in [0.05, 0.1) is 25.9 Å². The lowest BCUT2D eigenvalue weighted by atomic mass is 10.1. The molecule has 3 rings (SSSR count). The van der Waals surface area contributed by atoms with E-state index in [1.807, 2.05) is 24.3 Å². The minimum absolute atomic E-state index is 0.114. The second-order valence-electron chi connectivity index (χ2n) is 5.48. The molecule has 1 aliphatic rings. The van der Waals surface area contributed by atoms with Crippen molar-refractivity contribution in [2.45, 2.75) is 0 Å². The van der Waals surface area contributed by atoms with E-state index in [-0.39, 0.29) is 17.2 Å². The summed E-state index contributed by atoms with van der Waals surface area (Å²) in [7, 11) is 1.50. The van der Waals surface area contributed by atoms with Crippen LogP contribution in [0.25, 0.3) is 0 Å². The Hall–Kier alpha value is -2.73. The number of aromatic hydroxyl groups is 1. The first kappa shape index (κ1) is 16.1. The van der Waals surface area contributed by atoms with E-state index < -0.39 is 0 Å². The molecule has 0 aromatic heterocycles. The largest absolute Gasteiger partial charge is 0.507 e. The van der Waals surface area contributed by atoms with Crippen LogP contribution in [0.2, 0.25) is 0 Å². The summed E-state index contributed by atoms with van der Waals surface area (Å²) < 4.78 is 10.4. The molecule has 0 aliphatic carbocycles. The number of rotatable bonds is 4. The first-order chi connectivity index (χ1) is 11.7. The number of methoxy groups -OCH3 is 1. The molecule has 1 fully saturated rings. The van der Waals surface area contributed by atoms with Gasteiger partial charge in [0.1, 0.15) is 11.5 Å². The van der Waals surface area contributed by atoms with Gasteiger partial charge in [-0.25, -0.2) is 0 Å². The van der Waals surface area contributed by atoms with E-state index >= 15 is 0 Å². The SMILES string of the molecule is COc1ccc(C(=O)Nc2ccc(N3CCOCC3)cc2)c(O)c1. The molecule has 0 radical (unpaired) electrons. The highest BCUT2D eigenvalue weighted by atomic mass is 16.5. The number of morpholine rings is 1. The predicted molar refractivity (Wildman–Crippen MR) is 92.1 cm³/mol. The highest BCUT2D eigenvalue weighted by Gasteiger charge is 2.14. The van der Waals surface area contributed by atoms with Gasteiger partial charge in [0.2, 0.25) is 0 Å². The van der Waals surface area contributed by atoms with Gasteiger partial charge < -0.3 is 24.8 Å². The maximum Gasteiger partial charge on any atom is 0.259 e. The van der Waals surface area contributed by atoms with Crippen molar-refractivity contribution in [2.24, 2.45) is 0 Å². The number of ether oxygens (including phenoxy) is 2. The molecular weight excluding hydrogens is 308 g/mol. The van der Waals surface area contributed by atoms with Crippen LogP contribution in [0.5, 0.6) is 11.5 Å². The zero-order valence-electron chi connectivity index (χ0n) is 13.5. The molecule has 0 spiro atoms. The van der Waals surface area contributed by atoms with Gasteiger partial charge in [-0.2, -0.15) is 0 Å². The Morgan fingerprint density at radius 3 is 2.50 bits per heavy atom. The van der Waals surface area contributed by atoms with Crippen molar-refractivity contribution < 1.29 is 19.4 Å². The normalized spacial score (nSPS) is 14.3. The number of hydrogen-bond donors (Lipinski definition) is 2. The van der Waals surface area contributed by atoms with Crippen LogP contribution in [-0.4, -0.2) is 44.4 Å². The number of carbonyl (C=O) groups excluding carboxylic acids is 1. The molecule has 1 saturated heterocycles. The summed E-state index contributed by atoms with van der Waals surface area (Å²) in [5.41, 5.74) is 1.98. The highest BCUT2D eigenvalue weighted by molar-refractivity contribution is 6.06. The molecule has 2 aromatic carbocycles. The van der Waals surface area contributed by atoms with Gasteiger partial charge in [-0.15, -0.1) is 0 Å². The zero-order valence-corrected chi connectivity index (χ0v) is 13.5. The molecule has 6 heteroatoms. The summed E-state index contributed by atoms with van der Waals surface area (Å²) in [4.78, 5) is 14.5. The molecule has 6 nitrogen and oxygen atoms in total. The number of phenols is 1. The average Bonchev–Trinajstić information content (AvgIpc) is 2.63. The van der Waals surface area contributed by atoms with Crippen LogP contribution < -0.4 is 15.0 Å². The van der Waals surface area contributed by atoms with Crippen molar-refractivity contribution in [3.05, 3.63) is 48.0 Å². The molecule has 2 aromatic rings. The van der Waals surface area contributed by atoms with Crippen molar-refractivity contribution >= 4 is 17.3 Å². The maximum atomic E-state index is 12.3. The summed E-state index contributed by atoms with van der Waals surface area (Å²) in [5.74, 6) is 0.0185. The van der Waals surface area contributed by atoms with Crippen LogP contribution in [0.4, 0.5) is 11.4 Å². The van der Waals surface area contributed by atoms with Crippen LogP contribution in [0.3, 0.4) is 0 Å². The van der Waals surface area contributed by atoms with E-state index in [4.69, 9.17) is 9.47 Å². The van der Waals surface area contributed by atoms with Gasteiger partial charge in [0.25, 0.3) is 5.91 Å². The fourth-order valence-electron chi connectivity index (χ4n) is 2.61. The average molecular weight is 328 g/mol. The molecular formula is C18H20N2O4. The van der Waals surface area contributed by atoms with Gasteiger partial charge in [-0.3, -0.25) is 4.79 Å². The first-order valence-corrected chi connectivity index (χ1v) is 7.78. The third kappa shape index (κ3) is 3.60. The van der Waals surface area contributed by atoms with Gasteiger partial charge in [0.15, 0.2) is 0 Å². The van der Waals surface area contributed by atoms with Crippen molar-refractivity contribution in [1.29, 1.82) is 0 Å². The third-order valence-corrected chi connectivity index (χ3v) is 3.95. The molecule has 1 heterocycles. The Bertz CT molecular complexity index is 709. The Labute approximate surface area is 140 Å². The quantitative estimate of drug-likeness (QED) is 0.902. The molecule has 2 N–H and O–H groups in total. The highest BCUT2D eigenvalue weighted by Crippen LogP contribution is 2.25. The molecule has 126 valence electrons. The fourth-order valence-corrected chi connectivity index (χ4v) is 2.61. The summed E-state index contributed by atoms with van der Waals surface area (Å²) >= 11 is 0. The predicted octanol–water partition coefficient (Wildman–Crippen LogP) is 2.49. The van der Waals surface area contributed by atoms with E-state index in [1.54, 1.807) is 6.07 Å². The number of benzene rings is 2. The van der Waals surface area contributed by atoms with Gasteiger partial charge in [-0.05, 0) is 36.4 Å². The lowest BCUT2D eigenvalue weighted by Crippen LogP contribution is -2.36. The fraction of sp³-hybridized carbons (Fsp3) is 0.278. The van der Waals surface area contributed by atoms with Gasteiger partial charge in [-0.1, -0.05) is 0 Å². The van der Waals surface area contributed by atoms with E-state index in [2.05, 4.69) is 10.2 Å². The standard InChI is InChI=1S/C18H20N2O4/c1-23-15-6-7-16(17(21)12-15)18(22)19-13-2-4-14(5-3-13)20-8-10-24-11-9-20/h2-7,12,21H,8-11H2,1H3,(H,19,22). The number of carbonyl (C=O) groups is 1. The molecule has 24 heavy (non-hydrogen) atoms. The summed E-state index contributed by atoms with van der Waals surface area (Å²) in [6, 6.07) is 12.2. The summed E-state index contributed by atoms with van der Waals surface area (Å²) in [6.45, 7) is 3.20. The van der Waals surface area contributed by atoms with Crippen molar-refractivity contribution in [2.75, 3.05) is 43.6 Å². The Morgan fingerprint density at radius 1 is 1.17 bits per heavy atom. The van der Waals surface area contributed by atoms with E-state index in [0.29, 0.717) is 11.4 Å². The first-order valence-electron chi connectivity index (χ1n) is 7.78. The Balaban J connectivity index is 1.68. The number of amides is 1. The molecule has 0 saturated carbocycles. The Morgan fingerprint density at radius 2 is 1.88 bits per heavy atom. The smallest absolute Gasteiger partial charge is 0.259 e. The summed E-state index contributed by atoms with van der Waals surface area (Å²) in [6.07, 6.45) is 0. The van der Waals surface area contributed by atoms with E-state index in [9.17, 15) is 9.90 Å². The number of phenolic OH excluding ortho intramolecular Hbond substituents is 1. The van der Waals surface area contributed by atoms with Crippen LogP contribution in [0.1, 0.15) is 10.4 Å². The monoisotopic (exact) mass is 328 g/mol. The molecule has 0 unspecified atom stereocenters. The van der Waals surface area contributed by atoms with E-state index in [0.717, 1.165) is 32.0 Å². The lowest BCUT2D eigenvalue weighted by molar-refractivity contribution is 0.102. The van der Waals surface area contributed by atoms with Crippen molar-refractivity contribution in [3.63, 3.8) is 0 Å². The van der Waals surface area contributed by atoms with Crippen LogP contribution >= 0.6 is 0 Å². The lowest BCUT2D eigenvalue weighted by Gasteiger charge is -2.28. The van der Waals surface area contributed by atoms with E-state index in [1.165, 1.54) is 19.2 Å². The molecule has 1 aliphatic heterocycles. The third-order valence-electron chi connectivity index (χ3n) is 3.95. The van der Waals surface area contributed by atoms with Crippen LogP contribution in [0.15, 0.2) is 42.5 Å². The summed E-state index contributed by atoms with van der Waals surface area (Å²) in [5, 5.41) is 12.7. The number of nitrogens with one attached hydrogen (secondary N) is 1. The van der Waals surface area contributed by atoms with Crippen molar-refractivity contribution in [3.8, 4) is 11.5 Å². The molecule has 0 bridgehead atoms. The van der Waals surface area contributed by atoms with Crippen molar-refractivity contribution in [1.82, 2.24) is 0 Å². The van der Waals surface area contributed by atoms with Crippen LogP contribution in [0, 0.1) is 0 Å². The number of nitrogens with zero attached hydrogens (tertiary/aromatic N) is 1. The minimum Gasteiger partial charge on any atom is -0.507 e. The second-order valence-corrected chi connectivity index (χ2v) is 5.48. The number of hydrogen-bond acceptors (Lipinski definition) is 5. The van der Waals surface area contributed by atoms with Crippen LogP contribution in [-0.2, 0) is 4.74 Å². The molecule has 0 atom stereocenters. The number of anilines is 2.